The largest absolute Gasteiger partial charge is 0.354 e. The fraction of sp³-hybridized carbons (Fsp3) is 0.476. The van der Waals surface area contributed by atoms with Crippen LogP contribution >= 0.6 is 0 Å². The number of hydrogen-bond acceptors (Lipinski definition) is 4. The Kier molecular flexibility index (Phi) is 4.50. The highest BCUT2D eigenvalue weighted by Crippen LogP contribution is 2.29. The highest BCUT2D eigenvalue weighted by molar-refractivity contribution is 5.84. The summed E-state index contributed by atoms with van der Waals surface area (Å²) >= 11 is 0. The zero-order valence-electron chi connectivity index (χ0n) is 15.2. The van der Waals surface area contributed by atoms with Gasteiger partial charge in [0.2, 0.25) is 5.91 Å². The van der Waals surface area contributed by atoms with Crippen molar-refractivity contribution in [1.29, 1.82) is 5.26 Å². The van der Waals surface area contributed by atoms with Gasteiger partial charge in [-0.3, -0.25) is 4.79 Å². The van der Waals surface area contributed by atoms with Gasteiger partial charge in [-0.05, 0) is 43.9 Å². The summed E-state index contributed by atoms with van der Waals surface area (Å²) in [6.45, 7) is 5.13. The van der Waals surface area contributed by atoms with E-state index in [4.69, 9.17) is 4.98 Å². The van der Waals surface area contributed by atoms with Gasteiger partial charge in [-0.15, -0.1) is 0 Å². The van der Waals surface area contributed by atoms with Gasteiger partial charge in [-0.2, -0.15) is 5.26 Å². The average Bonchev–Trinajstić information content (AvgIpc) is 2.85. The topological polar surface area (TPSA) is 60.2 Å². The minimum atomic E-state index is 0.248. The van der Waals surface area contributed by atoms with Crippen LogP contribution in [0.4, 0.5) is 5.82 Å². The molecule has 2 heterocycles. The number of pyridine rings is 1. The van der Waals surface area contributed by atoms with Crippen molar-refractivity contribution in [2.75, 3.05) is 31.1 Å². The van der Waals surface area contributed by atoms with Crippen LogP contribution in [0.5, 0.6) is 0 Å². The summed E-state index contributed by atoms with van der Waals surface area (Å²) in [5, 5.41) is 10.6. The van der Waals surface area contributed by atoms with E-state index in [2.05, 4.69) is 24.0 Å². The van der Waals surface area contributed by atoms with E-state index in [1.807, 2.05) is 23.1 Å². The molecule has 134 valence electrons. The Labute approximate surface area is 154 Å². The number of aryl methyl sites for hydroxylation is 1. The maximum absolute atomic E-state index is 12.6. The highest BCUT2D eigenvalue weighted by atomic mass is 16.2. The molecule has 0 atom stereocenters. The van der Waals surface area contributed by atoms with Crippen LogP contribution in [0, 0.1) is 24.2 Å². The minimum Gasteiger partial charge on any atom is -0.354 e. The molecule has 0 bridgehead atoms. The van der Waals surface area contributed by atoms with E-state index in [1.54, 1.807) is 0 Å². The molecule has 1 aliphatic heterocycles. The molecule has 2 aromatic rings. The zero-order chi connectivity index (χ0) is 18.1. The summed E-state index contributed by atoms with van der Waals surface area (Å²) in [6, 6.07) is 10.4. The van der Waals surface area contributed by atoms with Gasteiger partial charge < -0.3 is 9.80 Å². The van der Waals surface area contributed by atoms with Crippen molar-refractivity contribution in [2.24, 2.45) is 5.92 Å². The third-order valence-corrected chi connectivity index (χ3v) is 5.64. The Morgan fingerprint density at radius 1 is 1.15 bits per heavy atom. The number of hydrogen-bond donors (Lipinski definition) is 0. The molecule has 1 amide bonds. The number of amides is 1. The second kappa shape index (κ2) is 6.95. The third-order valence-electron chi connectivity index (χ3n) is 5.64. The molecule has 4 rings (SSSR count). The Balaban J connectivity index is 1.58. The Morgan fingerprint density at radius 3 is 2.73 bits per heavy atom. The molecule has 1 aliphatic carbocycles. The molecule has 0 N–H and O–H groups in total. The predicted molar refractivity (Wildman–Crippen MR) is 102 cm³/mol. The fourth-order valence-corrected chi connectivity index (χ4v) is 3.85. The van der Waals surface area contributed by atoms with E-state index in [9.17, 15) is 10.1 Å². The van der Waals surface area contributed by atoms with E-state index in [0.717, 1.165) is 61.2 Å². The van der Waals surface area contributed by atoms with Gasteiger partial charge in [0.15, 0.2) is 0 Å². The molecule has 5 nitrogen and oxygen atoms in total. The SMILES string of the molecule is Cc1ccc2cc(C#N)c(N3CCCN(C(=O)C4CCC4)CC3)nc2c1. The number of nitrogens with zero attached hydrogens (tertiary/aromatic N) is 4. The van der Waals surface area contributed by atoms with Crippen LogP contribution in [0.25, 0.3) is 10.9 Å². The van der Waals surface area contributed by atoms with E-state index in [1.165, 1.54) is 6.42 Å². The van der Waals surface area contributed by atoms with Gasteiger partial charge in [0, 0.05) is 37.5 Å². The van der Waals surface area contributed by atoms with E-state index in [0.29, 0.717) is 18.0 Å². The van der Waals surface area contributed by atoms with Crippen molar-refractivity contribution in [3.05, 3.63) is 35.4 Å². The van der Waals surface area contributed by atoms with Crippen molar-refractivity contribution >= 4 is 22.6 Å². The van der Waals surface area contributed by atoms with Crippen LogP contribution in [0.1, 0.15) is 36.8 Å². The maximum Gasteiger partial charge on any atom is 0.225 e. The number of carbonyl (C=O) groups excluding carboxylic acids is 1. The van der Waals surface area contributed by atoms with Crippen molar-refractivity contribution < 1.29 is 4.79 Å². The molecule has 1 saturated heterocycles. The van der Waals surface area contributed by atoms with Crippen LogP contribution in [0.2, 0.25) is 0 Å². The first-order chi connectivity index (χ1) is 12.7. The number of fused-ring (bicyclic) bond motifs is 1. The van der Waals surface area contributed by atoms with Gasteiger partial charge in [0.1, 0.15) is 11.9 Å². The average molecular weight is 348 g/mol. The van der Waals surface area contributed by atoms with Crippen molar-refractivity contribution in [3.63, 3.8) is 0 Å². The number of rotatable bonds is 2. The van der Waals surface area contributed by atoms with Gasteiger partial charge in [0.25, 0.3) is 0 Å². The number of benzene rings is 1. The minimum absolute atomic E-state index is 0.248. The smallest absolute Gasteiger partial charge is 0.225 e. The maximum atomic E-state index is 12.6. The van der Waals surface area contributed by atoms with Crippen LogP contribution in [0.3, 0.4) is 0 Å². The first kappa shape index (κ1) is 16.8. The fourth-order valence-electron chi connectivity index (χ4n) is 3.85. The second-order valence-corrected chi connectivity index (χ2v) is 7.46. The van der Waals surface area contributed by atoms with E-state index in [-0.39, 0.29) is 5.92 Å². The van der Waals surface area contributed by atoms with Crippen LogP contribution in [-0.2, 0) is 4.79 Å². The lowest BCUT2D eigenvalue weighted by Gasteiger charge is -2.31. The standard InChI is InChI=1S/C21H24N4O/c1-15-6-7-17-13-18(14-22)20(23-19(17)12-15)24-8-3-9-25(11-10-24)21(26)16-4-2-5-16/h6-7,12-13,16H,2-5,8-11H2,1H3. The summed E-state index contributed by atoms with van der Waals surface area (Å²) in [7, 11) is 0. The monoisotopic (exact) mass is 348 g/mol. The zero-order valence-corrected chi connectivity index (χ0v) is 15.2. The molecule has 1 aromatic heterocycles. The first-order valence-corrected chi connectivity index (χ1v) is 9.51. The predicted octanol–water partition coefficient (Wildman–Crippen LogP) is 3.25. The van der Waals surface area contributed by atoms with Gasteiger partial charge >= 0.3 is 0 Å². The van der Waals surface area contributed by atoms with Crippen LogP contribution in [0.15, 0.2) is 24.3 Å². The summed E-state index contributed by atoms with van der Waals surface area (Å²) < 4.78 is 0. The second-order valence-electron chi connectivity index (χ2n) is 7.46. The lowest BCUT2D eigenvalue weighted by molar-refractivity contribution is -0.137. The molecule has 5 heteroatoms. The van der Waals surface area contributed by atoms with Gasteiger partial charge in [-0.25, -0.2) is 4.98 Å². The molecule has 0 spiro atoms. The van der Waals surface area contributed by atoms with Gasteiger partial charge in [0.05, 0.1) is 11.1 Å². The lowest BCUT2D eigenvalue weighted by Crippen LogP contribution is -2.41. The van der Waals surface area contributed by atoms with Crippen molar-refractivity contribution in [2.45, 2.75) is 32.6 Å². The van der Waals surface area contributed by atoms with Crippen LogP contribution < -0.4 is 4.90 Å². The third kappa shape index (κ3) is 3.12. The molecule has 0 radical (unpaired) electrons. The Bertz CT molecular complexity index is 881. The van der Waals surface area contributed by atoms with Crippen molar-refractivity contribution in [3.8, 4) is 6.07 Å². The quantitative estimate of drug-likeness (QED) is 0.836. The molecule has 2 aliphatic rings. The summed E-state index contributed by atoms with van der Waals surface area (Å²) in [5.41, 5.74) is 2.69. The molecule has 0 unspecified atom stereocenters. The molecular weight excluding hydrogens is 324 g/mol. The molecule has 26 heavy (non-hydrogen) atoms. The number of anilines is 1. The number of carbonyl (C=O) groups is 1. The number of nitriles is 1. The molecule has 1 saturated carbocycles. The summed E-state index contributed by atoms with van der Waals surface area (Å²) in [4.78, 5) is 21.5. The van der Waals surface area contributed by atoms with Crippen LogP contribution in [-0.4, -0.2) is 42.0 Å². The summed E-state index contributed by atoms with van der Waals surface area (Å²) in [5.74, 6) is 1.32. The van der Waals surface area contributed by atoms with Gasteiger partial charge in [-0.1, -0.05) is 18.6 Å². The Morgan fingerprint density at radius 2 is 2.00 bits per heavy atom. The first-order valence-electron chi connectivity index (χ1n) is 9.51. The summed E-state index contributed by atoms with van der Waals surface area (Å²) in [6.07, 6.45) is 4.19. The van der Waals surface area contributed by atoms with E-state index < -0.39 is 0 Å². The molecule has 2 fully saturated rings. The molecule has 1 aromatic carbocycles. The highest BCUT2D eigenvalue weighted by Gasteiger charge is 2.30. The molecular formula is C21H24N4O. The lowest BCUT2D eigenvalue weighted by atomic mass is 9.84. The normalized spacial score (nSPS) is 18.3. The van der Waals surface area contributed by atoms with E-state index >= 15 is 0 Å². The number of aromatic nitrogens is 1. The Hall–Kier alpha value is -2.61. The van der Waals surface area contributed by atoms with Crippen molar-refractivity contribution in [1.82, 2.24) is 9.88 Å².